The van der Waals surface area contributed by atoms with E-state index in [1.165, 1.54) is 38.6 Å². The van der Waals surface area contributed by atoms with Crippen molar-refractivity contribution >= 4 is 0 Å². The lowest BCUT2D eigenvalue weighted by Crippen LogP contribution is -2.51. The van der Waals surface area contributed by atoms with Crippen LogP contribution in [-0.2, 0) is 0 Å². The first-order chi connectivity index (χ1) is 6.76. The van der Waals surface area contributed by atoms with E-state index in [1.807, 2.05) is 0 Å². The molecule has 0 spiro atoms. The maximum absolute atomic E-state index is 5.90. The first-order valence-electron chi connectivity index (χ1n) is 6.21. The van der Waals surface area contributed by atoms with E-state index in [0.717, 1.165) is 18.9 Å². The minimum atomic E-state index is 0.235. The first kappa shape index (κ1) is 12.0. The number of unbranched alkanes of at least 4 members (excludes halogenated alkanes) is 1. The largest absolute Gasteiger partial charge is 0.329 e. The summed E-state index contributed by atoms with van der Waals surface area (Å²) in [7, 11) is 0. The van der Waals surface area contributed by atoms with E-state index >= 15 is 0 Å². The van der Waals surface area contributed by atoms with Gasteiger partial charge in [-0.05, 0) is 38.1 Å². The van der Waals surface area contributed by atoms with Gasteiger partial charge in [-0.25, -0.2) is 0 Å². The van der Waals surface area contributed by atoms with Crippen molar-refractivity contribution in [1.29, 1.82) is 0 Å². The van der Waals surface area contributed by atoms with Crippen LogP contribution in [0.25, 0.3) is 0 Å². The molecule has 1 aliphatic carbocycles. The molecule has 0 bridgehead atoms. The van der Waals surface area contributed by atoms with E-state index in [9.17, 15) is 0 Å². The van der Waals surface area contributed by atoms with E-state index in [-0.39, 0.29) is 5.54 Å². The summed E-state index contributed by atoms with van der Waals surface area (Å²) in [6, 6.07) is 0. The van der Waals surface area contributed by atoms with E-state index < -0.39 is 0 Å². The molecule has 1 saturated carbocycles. The molecular weight excluding hydrogens is 172 g/mol. The third kappa shape index (κ3) is 3.58. The van der Waals surface area contributed by atoms with Gasteiger partial charge >= 0.3 is 0 Å². The molecule has 0 aromatic carbocycles. The highest BCUT2D eigenvalue weighted by Gasteiger charge is 2.29. The molecule has 0 heterocycles. The zero-order valence-electron chi connectivity index (χ0n) is 9.81. The van der Waals surface area contributed by atoms with E-state index in [0.29, 0.717) is 0 Å². The standard InChI is InChI=1S/C12H26N2/c1-3-5-8-12(4-2,10-13)14-9-11-6-7-11/h11,14H,3-10,13H2,1-2H3. The lowest BCUT2D eigenvalue weighted by atomic mass is 9.89. The first-order valence-corrected chi connectivity index (χ1v) is 6.21. The number of rotatable bonds is 8. The summed E-state index contributed by atoms with van der Waals surface area (Å²) in [5.41, 5.74) is 6.14. The smallest absolute Gasteiger partial charge is 0.0301 e. The zero-order chi connectivity index (χ0) is 10.4. The van der Waals surface area contributed by atoms with Crippen molar-refractivity contribution in [2.24, 2.45) is 11.7 Å². The van der Waals surface area contributed by atoms with Gasteiger partial charge in [0.2, 0.25) is 0 Å². The van der Waals surface area contributed by atoms with E-state index in [2.05, 4.69) is 19.2 Å². The van der Waals surface area contributed by atoms with Crippen LogP contribution in [-0.4, -0.2) is 18.6 Å². The highest BCUT2D eigenvalue weighted by molar-refractivity contribution is 4.90. The Morgan fingerprint density at radius 2 is 2.07 bits per heavy atom. The Morgan fingerprint density at radius 1 is 1.36 bits per heavy atom. The topological polar surface area (TPSA) is 38.0 Å². The quantitative estimate of drug-likeness (QED) is 0.628. The van der Waals surface area contributed by atoms with Crippen LogP contribution in [0, 0.1) is 5.92 Å². The Bertz CT molecular complexity index is 148. The molecule has 84 valence electrons. The van der Waals surface area contributed by atoms with Crippen LogP contribution >= 0.6 is 0 Å². The van der Waals surface area contributed by atoms with Gasteiger partial charge in [-0.1, -0.05) is 26.7 Å². The Kier molecular flexibility index (Phi) is 4.90. The third-order valence-electron chi connectivity index (χ3n) is 3.54. The second-order valence-electron chi connectivity index (χ2n) is 4.77. The summed E-state index contributed by atoms with van der Waals surface area (Å²) >= 11 is 0. The van der Waals surface area contributed by atoms with Crippen molar-refractivity contribution in [1.82, 2.24) is 5.32 Å². The van der Waals surface area contributed by atoms with Gasteiger partial charge in [0.05, 0.1) is 0 Å². The number of hydrogen-bond acceptors (Lipinski definition) is 2. The van der Waals surface area contributed by atoms with Crippen molar-refractivity contribution < 1.29 is 0 Å². The van der Waals surface area contributed by atoms with Crippen LogP contribution in [0.5, 0.6) is 0 Å². The van der Waals surface area contributed by atoms with Crippen LogP contribution in [0.15, 0.2) is 0 Å². The Balaban J connectivity index is 2.31. The summed E-state index contributed by atoms with van der Waals surface area (Å²) in [6.45, 7) is 6.48. The van der Waals surface area contributed by atoms with Gasteiger partial charge in [0.15, 0.2) is 0 Å². The van der Waals surface area contributed by atoms with Crippen molar-refractivity contribution in [2.45, 2.75) is 57.9 Å². The summed E-state index contributed by atoms with van der Waals surface area (Å²) in [5, 5.41) is 3.70. The van der Waals surface area contributed by atoms with Crippen molar-refractivity contribution in [3.63, 3.8) is 0 Å². The Labute approximate surface area is 88.6 Å². The van der Waals surface area contributed by atoms with Gasteiger partial charge in [-0.3, -0.25) is 0 Å². The maximum atomic E-state index is 5.90. The summed E-state index contributed by atoms with van der Waals surface area (Å²) in [6.07, 6.45) is 7.81. The fourth-order valence-electron chi connectivity index (χ4n) is 1.91. The van der Waals surface area contributed by atoms with E-state index in [1.54, 1.807) is 0 Å². The van der Waals surface area contributed by atoms with Crippen LogP contribution in [0.3, 0.4) is 0 Å². The molecule has 1 fully saturated rings. The Hall–Kier alpha value is -0.0800. The van der Waals surface area contributed by atoms with Gasteiger partial charge in [0, 0.05) is 12.1 Å². The molecule has 2 heteroatoms. The molecule has 14 heavy (non-hydrogen) atoms. The van der Waals surface area contributed by atoms with Crippen LogP contribution in [0.2, 0.25) is 0 Å². The van der Waals surface area contributed by atoms with Gasteiger partial charge in [-0.15, -0.1) is 0 Å². The van der Waals surface area contributed by atoms with Gasteiger partial charge < -0.3 is 11.1 Å². The predicted molar refractivity (Wildman–Crippen MR) is 62.3 cm³/mol. The van der Waals surface area contributed by atoms with Crippen molar-refractivity contribution in [3.05, 3.63) is 0 Å². The SMILES string of the molecule is CCCCC(CC)(CN)NCC1CC1. The fourth-order valence-corrected chi connectivity index (χ4v) is 1.91. The lowest BCUT2D eigenvalue weighted by Gasteiger charge is -2.33. The molecular formula is C12H26N2. The summed E-state index contributed by atoms with van der Waals surface area (Å²) in [5.74, 6) is 0.953. The number of hydrogen-bond donors (Lipinski definition) is 2. The zero-order valence-corrected chi connectivity index (χ0v) is 9.81. The highest BCUT2D eigenvalue weighted by atomic mass is 15.0. The van der Waals surface area contributed by atoms with Crippen LogP contribution < -0.4 is 11.1 Å². The third-order valence-corrected chi connectivity index (χ3v) is 3.54. The molecule has 0 amide bonds. The molecule has 3 N–H and O–H groups in total. The molecule has 0 aromatic rings. The lowest BCUT2D eigenvalue weighted by molar-refractivity contribution is 0.287. The van der Waals surface area contributed by atoms with Crippen molar-refractivity contribution in [3.8, 4) is 0 Å². The van der Waals surface area contributed by atoms with Gasteiger partial charge in [0.1, 0.15) is 0 Å². The molecule has 0 radical (unpaired) electrons. The number of nitrogens with one attached hydrogen (secondary N) is 1. The van der Waals surface area contributed by atoms with Gasteiger partial charge in [-0.2, -0.15) is 0 Å². The predicted octanol–water partition coefficient (Wildman–Crippen LogP) is 2.28. The normalized spacial score (nSPS) is 20.8. The molecule has 1 aliphatic rings. The maximum Gasteiger partial charge on any atom is 0.0301 e. The minimum Gasteiger partial charge on any atom is -0.329 e. The molecule has 0 aliphatic heterocycles. The fraction of sp³-hybridized carbons (Fsp3) is 1.00. The van der Waals surface area contributed by atoms with Crippen LogP contribution in [0.4, 0.5) is 0 Å². The average Bonchev–Trinajstić information content (AvgIpc) is 3.03. The van der Waals surface area contributed by atoms with Crippen LogP contribution in [0.1, 0.15) is 52.4 Å². The summed E-state index contributed by atoms with van der Waals surface area (Å²) in [4.78, 5) is 0. The second-order valence-corrected chi connectivity index (χ2v) is 4.77. The second kappa shape index (κ2) is 5.72. The minimum absolute atomic E-state index is 0.235. The highest BCUT2D eigenvalue weighted by Crippen LogP contribution is 2.29. The summed E-state index contributed by atoms with van der Waals surface area (Å²) < 4.78 is 0. The molecule has 2 nitrogen and oxygen atoms in total. The molecule has 1 rings (SSSR count). The Morgan fingerprint density at radius 3 is 2.50 bits per heavy atom. The molecule has 1 unspecified atom stereocenters. The molecule has 0 saturated heterocycles. The monoisotopic (exact) mass is 198 g/mol. The van der Waals surface area contributed by atoms with Crippen molar-refractivity contribution in [2.75, 3.05) is 13.1 Å². The number of nitrogens with two attached hydrogens (primary N) is 1. The molecule has 1 atom stereocenters. The van der Waals surface area contributed by atoms with Gasteiger partial charge in [0.25, 0.3) is 0 Å². The molecule has 0 aromatic heterocycles. The van der Waals surface area contributed by atoms with E-state index in [4.69, 9.17) is 5.73 Å². The average molecular weight is 198 g/mol.